The number of aliphatic hydroxyl groups is 1. The van der Waals surface area contributed by atoms with Crippen molar-refractivity contribution in [2.45, 2.75) is 12.5 Å². The molecule has 1 aromatic rings. The summed E-state index contributed by atoms with van der Waals surface area (Å²) in [6, 6.07) is 3.85. The van der Waals surface area contributed by atoms with Crippen molar-refractivity contribution in [3.05, 3.63) is 22.4 Å². The molecular weight excluding hydrogens is 170 g/mol. The molecule has 0 saturated heterocycles. The van der Waals surface area contributed by atoms with Crippen molar-refractivity contribution < 1.29 is 5.11 Å². The third-order valence-corrected chi connectivity index (χ3v) is 2.45. The molecule has 1 N–H and O–H groups in total. The second kappa shape index (κ2) is 3.96. The van der Waals surface area contributed by atoms with E-state index in [-0.39, 0.29) is 6.10 Å². The lowest BCUT2D eigenvalue weighted by Crippen LogP contribution is -1.93. The van der Waals surface area contributed by atoms with Crippen LogP contribution in [0.3, 0.4) is 0 Å². The van der Waals surface area contributed by atoms with Crippen LogP contribution in [0.15, 0.2) is 17.5 Å². The Labute approximate surface area is 69.3 Å². The number of hydrogen-bond acceptors (Lipinski definition) is 2. The van der Waals surface area contributed by atoms with E-state index >= 15 is 0 Å². The molecule has 3 heteroatoms. The highest BCUT2D eigenvalue weighted by atomic mass is 35.5. The van der Waals surface area contributed by atoms with Gasteiger partial charge in [-0.25, -0.2) is 0 Å². The molecule has 1 rings (SSSR count). The highest BCUT2D eigenvalue weighted by Crippen LogP contribution is 2.21. The molecular formula is C7H9ClOS. The molecule has 0 radical (unpaired) electrons. The molecule has 0 amide bonds. The van der Waals surface area contributed by atoms with Crippen LogP contribution in [0.5, 0.6) is 0 Å². The molecule has 0 aromatic carbocycles. The van der Waals surface area contributed by atoms with E-state index in [1.165, 1.54) is 0 Å². The third-order valence-electron chi connectivity index (χ3n) is 1.25. The van der Waals surface area contributed by atoms with Gasteiger partial charge >= 0.3 is 0 Å². The van der Waals surface area contributed by atoms with Crippen molar-refractivity contribution in [3.8, 4) is 0 Å². The zero-order chi connectivity index (χ0) is 7.40. The van der Waals surface area contributed by atoms with E-state index in [4.69, 9.17) is 11.6 Å². The van der Waals surface area contributed by atoms with Gasteiger partial charge in [-0.2, -0.15) is 0 Å². The first-order chi connectivity index (χ1) is 4.84. The maximum atomic E-state index is 9.34. The zero-order valence-corrected chi connectivity index (χ0v) is 7.03. The minimum Gasteiger partial charge on any atom is -0.388 e. The van der Waals surface area contributed by atoms with Gasteiger partial charge in [0.2, 0.25) is 0 Å². The monoisotopic (exact) mass is 178 g/mol. The predicted molar refractivity (Wildman–Crippen MR) is 44.6 cm³/mol. The van der Waals surface area contributed by atoms with Gasteiger partial charge in [0.15, 0.2) is 0 Å². The largest absolute Gasteiger partial charge is 0.388 e. The number of alkyl halides is 1. The lowest BCUT2D eigenvalue weighted by molar-refractivity contribution is 0.178. The molecule has 1 nitrogen and oxygen atoms in total. The van der Waals surface area contributed by atoms with Crippen LogP contribution >= 0.6 is 22.9 Å². The van der Waals surface area contributed by atoms with Gasteiger partial charge in [0, 0.05) is 10.8 Å². The molecule has 0 aliphatic carbocycles. The summed E-state index contributed by atoms with van der Waals surface area (Å²) < 4.78 is 0. The van der Waals surface area contributed by atoms with E-state index in [1.54, 1.807) is 11.3 Å². The summed E-state index contributed by atoms with van der Waals surface area (Å²) in [6.45, 7) is 0. The van der Waals surface area contributed by atoms with Crippen LogP contribution < -0.4 is 0 Å². The smallest absolute Gasteiger partial charge is 0.0893 e. The minimum atomic E-state index is -0.363. The lowest BCUT2D eigenvalue weighted by atomic mass is 10.6. The average Bonchev–Trinajstić information content (AvgIpc) is 2.38. The molecule has 0 spiro atoms. The molecule has 0 aliphatic heterocycles. The van der Waals surface area contributed by atoms with E-state index in [0.717, 1.165) is 4.88 Å². The number of hydrogen-bond donors (Lipinski definition) is 1. The van der Waals surface area contributed by atoms with Crippen LogP contribution in [0.2, 0.25) is 0 Å². The maximum Gasteiger partial charge on any atom is 0.0893 e. The summed E-state index contributed by atoms with van der Waals surface area (Å²) in [5.74, 6) is 0.513. The first-order valence-corrected chi connectivity index (χ1v) is 4.53. The second-order valence-corrected chi connectivity index (χ2v) is 3.37. The highest BCUT2D eigenvalue weighted by Gasteiger charge is 2.05. The molecule has 0 bridgehead atoms. The van der Waals surface area contributed by atoms with Crippen molar-refractivity contribution >= 4 is 22.9 Å². The zero-order valence-electron chi connectivity index (χ0n) is 5.46. The second-order valence-electron chi connectivity index (χ2n) is 2.01. The quantitative estimate of drug-likeness (QED) is 0.705. The highest BCUT2D eigenvalue weighted by molar-refractivity contribution is 7.10. The number of rotatable bonds is 3. The average molecular weight is 179 g/mol. The van der Waals surface area contributed by atoms with E-state index in [1.807, 2.05) is 17.5 Å². The topological polar surface area (TPSA) is 20.2 Å². The van der Waals surface area contributed by atoms with Gasteiger partial charge in [-0.15, -0.1) is 22.9 Å². The van der Waals surface area contributed by atoms with Crippen LogP contribution in [-0.2, 0) is 0 Å². The summed E-state index contributed by atoms with van der Waals surface area (Å²) in [4.78, 5) is 1.00. The van der Waals surface area contributed by atoms with Gasteiger partial charge < -0.3 is 5.11 Å². The molecule has 0 fully saturated rings. The Morgan fingerprint density at radius 1 is 1.70 bits per heavy atom. The Bertz CT molecular complexity index is 174. The van der Waals surface area contributed by atoms with E-state index in [2.05, 4.69) is 0 Å². The van der Waals surface area contributed by atoms with Crippen LogP contribution in [0.25, 0.3) is 0 Å². The summed E-state index contributed by atoms with van der Waals surface area (Å²) in [6.07, 6.45) is 0.278. The van der Waals surface area contributed by atoms with Crippen molar-refractivity contribution in [1.29, 1.82) is 0 Å². The molecule has 1 atom stereocenters. The summed E-state index contributed by atoms with van der Waals surface area (Å²) in [7, 11) is 0. The maximum absolute atomic E-state index is 9.34. The van der Waals surface area contributed by atoms with Crippen molar-refractivity contribution in [3.63, 3.8) is 0 Å². The van der Waals surface area contributed by atoms with Crippen molar-refractivity contribution in [1.82, 2.24) is 0 Å². The van der Waals surface area contributed by atoms with Gasteiger partial charge in [0.1, 0.15) is 0 Å². The van der Waals surface area contributed by atoms with E-state index < -0.39 is 0 Å². The van der Waals surface area contributed by atoms with Crippen LogP contribution in [0.4, 0.5) is 0 Å². The summed E-state index contributed by atoms with van der Waals surface area (Å²) in [5.41, 5.74) is 0. The SMILES string of the molecule is O[14C@H](CCCl)c1cccs1. The fourth-order valence-electron chi connectivity index (χ4n) is 0.726. The van der Waals surface area contributed by atoms with Crippen molar-refractivity contribution in [2.75, 3.05) is 5.88 Å². The van der Waals surface area contributed by atoms with E-state index in [0.29, 0.717) is 12.3 Å². The molecule has 10 heavy (non-hydrogen) atoms. The van der Waals surface area contributed by atoms with Crippen LogP contribution in [0, 0.1) is 0 Å². The van der Waals surface area contributed by atoms with Gasteiger partial charge in [0.25, 0.3) is 0 Å². The third kappa shape index (κ3) is 1.97. The number of halogens is 1. The Morgan fingerprint density at radius 3 is 3.00 bits per heavy atom. The fourth-order valence-corrected chi connectivity index (χ4v) is 1.68. The number of thiophene rings is 1. The molecule has 0 saturated carbocycles. The molecule has 0 aliphatic rings. The molecule has 1 heterocycles. The fraction of sp³-hybridized carbons (Fsp3) is 0.429. The van der Waals surface area contributed by atoms with Crippen LogP contribution in [-0.4, -0.2) is 11.0 Å². The molecule has 56 valence electrons. The Hall–Kier alpha value is -0.0500. The standard InChI is InChI=1S/C7H9ClOS/c8-4-3-6(9)7-2-1-5-10-7/h1-2,5-6,9H,3-4H2/t6-/m1/s1/i6+2. The molecule has 0 unspecified atom stereocenters. The first kappa shape index (κ1) is 8.05. The Balaban J connectivity index is 2.50. The van der Waals surface area contributed by atoms with Gasteiger partial charge in [-0.1, -0.05) is 6.07 Å². The van der Waals surface area contributed by atoms with Gasteiger partial charge in [0.05, 0.1) is 6.10 Å². The summed E-state index contributed by atoms with van der Waals surface area (Å²) >= 11 is 7.02. The van der Waals surface area contributed by atoms with E-state index in [9.17, 15) is 5.11 Å². The first-order valence-electron chi connectivity index (χ1n) is 3.12. The normalized spacial score (nSPS) is 13.4. The minimum absolute atomic E-state index is 0.363. The lowest BCUT2D eigenvalue weighted by Gasteiger charge is -2.03. The van der Waals surface area contributed by atoms with Crippen molar-refractivity contribution in [2.24, 2.45) is 0 Å². The number of aliphatic hydroxyl groups excluding tert-OH is 1. The van der Waals surface area contributed by atoms with Gasteiger partial charge in [-0.05, 0) is 17.9 Å². The Kier molecular flexibility index (Phi) is 3.19. The van der Waals surface area contributed by atoms with Gasteiger partial charge in [-0.3, -0.25) is 0 Å². The predicted octanol–water partition coefficient (Wildman–Crippen LogP) is 2.41. The van der Waals surface area contributed by atoms with Crippen LogP contribution in [0.1, 0.15) is 17.4 Å². The molecule has 1 aromatic heterocycles. The Morgan fingerprint density at radius 2 is 2.50 bits per heavy atom. The summed E-state index contributed by atoms with van der Waals surface area (Å²) in [5, 5.41) is 11.3.